The first-order valence-electron chi connectivity index (χ1n) is 6.44. The van der Waals surface area contributed by atoms with E-state index in [2.05, 4.69) is 17.4 Å². The van der Waals surface area contributed by atoms with Crippen LogP contribution in [0.2, 0.25) is 0 Å². The Balaban J connectivity index is 1.89. The van der Waals surface area contributed by atoms with E-state index in [1.54, 1.807) is 12.1 Å². The molecule has 3 N–H and O–H groups in total. The third kappa shape index (κ3) is 4.39. The minimum Gasteiger partial charge on any atom is -0.508 e. The highest BCUT2D eigenvalue weighted by Gasteiger charge is 2.07. The molecule has 100 valence electrons. The monoisotopic (exact) mass is 257 g/mol. The molecule has 0 aliphatic heterocycles. The maximum absolute atomic E-state index is 9.41. The molecule has 2 aromatic rings. The second-order valence-electron chi connectivity index (χ2n) is 4.62. The number of hydrogen-bond acceptors (Lipinski definition) is 3. The Morgan fingerprint density at radius 1 is 0.947 bits per heavy atom. The van der Waals surface area contributed by atoms with Crippen LogP contribution in [-0.2, 0) is 13.0 Å². The van der Waals surface area contributed by atoms with Crippen LogP contribution in [0, 0.1) is 0 Å². The molecule has 1 atom stereocenters. The Morgan fingerprint density at radius 3 is 2.37 bits per heavy atom. The normalized spacial score (nSPS) is 12.3. The number of benzene rings is 2. The molecular formula is C16H19NO2. The van der Waals surface area contributed by atoms with Gasteiger partial charge in [-0.3, -0.25) is 0 Å². The van der Waals surface area contributed by atoms with Crippen molar-refractivity contribution in [3.63, 3.8) is 0 Å². The predicted molar refractivity (Wildman–Crippen MR) is 76.0 cm³/mol. The first kappa shape index (κ1) is 13.6. The highest BCUT2D eigenvalue weighted by molar-refractivity contribution is 5.27. The van der Waals surface area contributed by atoms with Gasteiger partial charge in [0.15, 0.2) is 0 Å². The molecule has 0 bridgehead atoms. The maximum Gasteiger partial charge on any atom is 0.115 e. The lowest BCUT2D eigenvalue weighted by molar-refractivity contribution is 0.241. The zero-order valence-electron chi connectivity index (χ0n) is 10.8. The van der Waals surface area contributed by atoms with Gasteiger partial charge in [-0.05, 0) is 29.7 Å². The van der Waals surface area contributed by atoms with Crippen LogP contribution in [0.25, 0.3) is 0 Å². The summed E-state index contributed by atoms with van der Waals surface area (Å²) in [4.78, 5) is 0. The van der Waals surface area contributed by atoms with E-state index in [0.29, 0.717) is 6.54 Å². The van der Waals surface area contributed by atoms with Crippen LogP contribution in [-0.4, -0.2) is 22.9 Å². The van der Waals surface area contributed by atoms with Crippen LogP contribution < -0.4 is 5.32 Å². The lowest BCUT2D eigenvalue weighted by atomic mass is 10.1. The van der Waals surface area contributed by atoms with E-state index in [1.807, 2.05) is 30.3 Å². The lowest BCUT2D eigenvalue weighted by Crippen LogP contribution is -2.33. The molecule has 0 saturated carbocycles. The number of hydrogen-bond donors (Lipinski definition) is 3. The molecule has 0 radical (unpaired) electrons. The van der Waals surface area contributed by atoms with Gasteiger partial charge in [0.25, 0.3) is 0 Å². The largest absolute Gasteiger partial charge is 0.508 e. The van der Waals surface area contributed by atoms with Crippen LogP contribution in [0.4, 0.5) is 0 Å². The van der Waals surface area contributed by atoms with Gasteiger partial charge < -0.3 is 15.5 Å². The molecule has 3 heteroatoms. The number of nitrogens with one attached hydrogen (secondary N) is 1. The van der Waals surface area contributed by atoms with Crippen LogP contribution in [0.3, 0.4) is 0 Å². The van der Waals surface area contributed by atoms with Crippen molar-refractivity contribution in [2.45, 2.75) is 19.0 Å². The number of aliphatic hydroxyl groups is 1. The van der Waals surface area contributed by atoms with Gasteiger partial charge in [-0.25, -0.2) is 0 Å². The summed E-state index contributed by atoms with van der Waals surface area (Å²) in [5.74, 6) is 0.267. The van der Waals surface area contributed by atoms with Crippen molar-refractivity contribution in [3.05, 3.63) is 65.7 Å². The highest BCUT2D eigenvalue weighted by Crippen LogP contribution is 2.11. The summed E-state index contributed by atoms with van der Waals surface area (Å²) in [6.07, 6.45) is 0.788. The number of rotatable bonds is 6. The Morgan fingerprint density at radius 2 is 1.68 bits per heavy atom. The molecular weight excluding hydrogens is 238 g/mol. The van der Waals surface area contributed by atoms with Gasteiger partial charge in [-0.15, -0.1) is 0 Å². The standard InChI is InChI=1S/C16H19NO2/c18-12-15(9-13-5-2-1-3-6-13)17-11-14-7-4-8-16(19)10-14/h1-8,10,15,17-19H,9,11-12H2. The summed E-state index contributed by atoms with van der Waals surface area (Å²) in [6.45, 7) is 0.722. The lowest BCUT2D eigenvalue weighted by Gasteiger charge is -2.16. The van der Waals surface area contributed by atoms with Gasteiger partial charge >= 0.3 is 0 Å². The van der Waals surface area contributed by atoms with Crippen LogP contribution >= 0.6 is 0 Å². The van der Waals surface area contributed by atoms with E-state index in [1.165, 1.54) is 5.56 Å². The number of aromatic hydroxyl groups is 1. The fourth-order valence-corrected chi connectivity index (χ4v) is 2.03. The van der Waals surface area contributed by atoms with Crippen LogP contribution in [0.5, 0.6) is 5.75 Å². The summed E-state index contributed by atoms with van der Waals surface area (Å²) in [5, 5.41) is 22.1. The molecule has 0 aromatic heterocycles. The van der Waals surface area contributed by atoms with E-state index < -0.39 is 0 Å². The maximum atomic E-state index is 9.41. The van der Waals surface area contributed by atoms with Crippen molar-refractivity contribution >= 4 is 0 Å². The molecule has 0 spiro atoms. The van der Waals surface area contributed by atoms with Crippen molar-refractivity contribution in [2.75, 3.05) is 6.61 Å². The molecule has 2 rings (SSSR count). The molecule has 2 aromatic carbocycles. The molecule has 0 saturated heterocycles. The van der Waals surface area contributed by atoms with Crippen molar-refractivity contribution in [3.8, 4) is 5.75 Å². The fourth-order valence-electron chi connectivity index (χ4n) is 2.03. The van der Waals surface area contributed by atoms with E-state index in [0.717, 1.165) is 12.0 Å². The van der Waals surface area contributed by atoms with Gasteiger partial charge in [0.2, 0.25) is 0 Å². The van der Waals surface area contributed by atoms with E-state index in [4.69, 9.17) is 0 Å². The molecule has 0 heterocycles. The average Bonchev–Trinajstić information content (AvgIpc) is 2.44. The van der Waals surface area contributed by atoms with Crippen molar-refractivity contribution in [1.29, 1.82) is 0 Å². The topological polar surface area (TPSA) is 52.5 Å². The first-order chi connectivity index (χ1) is 9.28. The Hall–Kier alpha value is -1.84. The van der Waals surface area contributed by atoms with Gasteiger partial charge in [0.05, 0.1) is 6.61 Å². The van der Waals surface area contributed by atoms with E-state index in [9.17, 15) is 10.2 Å². The summed E-state index contributed by atoms with van der Waals surface area (Å²) in [7, 11) is 0. The van der Waals surface area contributed by atoms with Crippen molar-refractivity contribution < 1.29 is 10.2 Å². The van der Waals surface area contributed by atoms with Gasteiger partial charge in [-0.2, -0.15) is 0 Å². The molecule has 0 aliphatic rings. The van der Waals surface area contributed by atoms with Gasteiger partial charge in [0, 0.05) is 12.6 Å². The SMILES string of the molecule is OCC(Cc1ccccc1)NCc1cccc(O)c1. The van der Waals surface area contributed by atoms with Crippen LogP contribution in [0.1, 0.15) is 11.1 Å². The molecule has 19 heavy (non-hydrogen) atoms. The van der Waals surface area contributed by atoms with E-state index >= 15 is 0 Å². The van der Waals surface area contributed by atoms with Crippen LogP contribution in [0.15, 0.2) is 54.6 Å². The highest BCUT2D eigenvalue weighted by atomic mass is 16.3. The number of phenolic OH excluding ortho intramolecular Hbond substituents is 1. The third-order valence-electron chi connectivity index (χ3n) is 3.05. The summed E-state index contributed by atoms with van der Waals surface area (Å²) >= 11 is 0. The van der Waals surface area contributed by atoms with Gasteiger partial charge in [0.1, 0.15) is 5.75 Å². The molecule has 0 aliphatic carbocycles. The number of phenols is 1. The third-order valence-corrected chi connectivity index (χ3v) is 3.05. The predicted octanol–water partition coefficient (Wildman–Crippen LogP) is 2.09. The fraction of sp³-hybridized carbons (Fsp3) is 0.250. The second-order valence-corrected chi connectivity index (χ2v) is 4.62. The Bertz CT molecular complexity index is 499. The van der Waals surface area contributed by atoms with Gasteiger partial charge in [-0.1, -0.05) is 42.5 Å². The zero-order valence-corrected chi connectivity index (χ0v) is 10.8. The molecule has 1 unspecified atom stereocenters. The summed E-state index contributed by atoms with van der Waals surface area (Å²) in [5.41, 5.74) is 2.21. The summed E-state index contributed by atoms with van der Waals surface area (Å²) < 4.78 is 0. The molecule has 0 fully saturated rings. The van der Waals surface area contributed by atoms with Crippen molar-refractivity contribution in [1.82, 2.24) is 5.32 Å². The minimum absolute atomic E-state index is 0.0183. The Labute approximate surface area is 113 Å². The second kappa shape index (κ2) is 6.92. The van der Waals surface area contributed by atoms with Crippen molar-refractivity contribution in [2.24, 2.45) is 0 Å². The first-order valence-corrected chi connectivity index (χ1v) is 6.44. The average molecular weight is 257 g/mol. The summed E-state index contributed by atoms with van der Waals surface area (Å²) in [6, 6.07) is 17.2. The molecule has 3 nitrogen and oxygen atoms in total. The Kier molecular flexibility index (Phi) is 4.95. The van der Waals surface area contributed by atoms with E-state index in [-0.39, 0.29) is 18.4 Å². The zero-order chi connectivity index (χ0) is 13.5. The quantitative estimate of drug-likeness (QED) is 0.742. The molecule has 0 amide bonds. The smallest absolute Gasteiger partial charge is 0.115 e. The number of aliphatic hydroxyl groups excluding tert-OH is 1. The minimum atomic E-state index is 0.0183.